The topological polar surface area (TPSA) is 231 Å². The van der Waals surface area contributed by atoms with Crippen molar-refractivity contribution in [2.45, 2.75) is 261 Å². The third kappa shape index (κ3) is 29.2. The van der Waals surface area contributed by atoms with Crippen LogP contribution < -0.4 is 0 Å². The molecule has 70 heavy (non-hydrogen) atoms. The number of unbranched alkanes of at least 4 members (excludes halogenated alkanes) is 20. The van der Waals surface area contributed by atoms with Crippen molar-refractivity contribution in [2.24, 2.45) is 0 Å². The Morgan fingerprint density at radius 3 is 1.43 bits per heavy atom. The van der Waals surface area contributed by atoms with Gasteiger partial charge in [0.25, 0.3) is 0 Å². The van der Waals surface area contributed by atoms with Crippen molar-refractivity contribution >= 4 is 11.9 Å². The molecule has 0 aromatic rings. The van der Waals surface area contributed by atoms with Crippen molar-refractivity contribution in [3.63, 3.8) is 0 Å². The molecule has 2 rings (SSSR count). The van der Waals surface area contributed by atoms with Crippen LogP contribution in [-0.4, -0.2) is 142 Å². The lowest BCUT2D eigenvalue weighted by molar-refractivity contribution is -0.332. The Balaban J connectivity index is 1.79. The summed E-state index contributed by atoms with van der Waals surface area (Å²) in [6.45, 7) is 2.47. The Hall–Kier alpha value is -2.54. The van der Waals surface area contributed by atoms with Crippen LogP contribution in [0.15, 0.2) is 48.6 Å². The van der Waals surface area contributed by atoms with Crippen molar-refractivity contribution in [3.05, 3.63) is 48.6 Å². The van der Waals surface area contributed by atoms with Gasteiger partial charge in [0.05, 0.1) is 19.8 Å². The van der Waals surface area contributed by atoms with Gasteiger partial charge in [-0.15, -0.1) is 0 Å². The fraction of sp³-hybridized carbons (Fsp3) is 0.818. The quantitative estimate of drug-likeness (QED) is 0.0173. The van der Waals surface area contributed by atoms with Crippen LogP contribution in [0.1, 0.15) is 194 Å². The molecule has 0 bridgehead atoms. The summed E-state index contributed by atoms with van der Waals surface area (Å²) < 4.78 is 33.6. The zero-order chi connectivity index (χ0) is 51.0. The lowest BCUT2D eigenvalue weighted by atomic mass is 9.98. The van der Waals surface area contributed by atoms with E-state index in [0.29, 0.717) is 12.8 Å². The van der Waals surface area contributed by atoms with Gasteiger partial charge >= 0.3 is 11.9 Å². The summed E-state index contributed by atoms with van der Waals surface area (Å²) in [5.74, 6) is -0.940. The maximum atomic E-state index is 13.0. The SMILES string of the molecule is CC/C=C\C/C=C\C/C=C\CCCCCCCCCC(=O)OC(COC(=O)CCCCCCCCC/C=C\CCCCCCCC)COC1OC(COC2OC(CO)C(O)C(O)C2O)C(O)C(O)C1O. The Morgan fingerprint density at radius 1 is 0.471 bits per heavy atom. The Kier molecular flexibility index (Phi) is 38.0. The lowest BCUT2D eigenvalue weighted by Crippen LogP contribution is -2.61. The second kappa shape index (κ2) is 41.9. The fourth-order valence-corrected chi connectivity index (χ4v) is 8.34. The summed E-state index contributed by atoms with van der Waals surface area (Å²) in [6, 6.07) is 0. The van der Waals surface area contributed by atoms with Crippen LogP contribution in [0.2, 0.25) is 0 Å². The van der Waals surface area contributed by atoms with Crippen LogP contribution in [0.3, 0.4) is 0 Å². The molecule has 406 valence electrons. The molecule has 2 aliphatic heterocycles. The van der Waals surface area contributed by atoms with Crippen LogP contribution in [0.5, 0.6) is 0 Å². The van der Waals surface area contributed by atoms with Crippen LogP contribution >= 0.6 is 0 Å². The van der Waals surface area contributed by atoms with E-state index in [4.69, 9.17) is 28.4 Å². The maximum absolute atomic E-state index is 13.0. The van der Waals surface area contributed by atoms with Crippen LogP contribution in [-0.2, 0) is 38.0 Å². The number of hydrogen-bond donors (Lipinski definition) is 7. The Bertz CT molecular complexity index is 1400. The number of rotatable bonds is 42. The molecular weight excluding hydrogens is 901 g/mol. The zero-order valence-corrected chi connectivity index (χ0v) is 43.0. The lowest BCUT2D eigenvalue weighted by Gasteiger charge is -2.42. The minimum atomic E-state index is -1.77. The predicted octanol–water partition coefficient (Wildman–Crippen LogP) is 8.27. The van der Waals surface area contributed by atoms with Crippen molar-refractivity contribution in [3.8, 4) is 0 Å². The molecule has 2 heterocycles. The molecule has 0 aromatic heterocycles. The second-order valence-corrected chi connectivity index (χ2v) is 19.0. The van der Waals surface area contributed by atoms with Gasteiger partial charge in [-0.2, -0.15) is 0 Å². The summed E-state index contributed by atoms with van der Waals surface area (Å²) in [6.07, 6.45) is 29.9. The van der Waals surface area contributed by atoms with Crippen molar-refractivity contribution in [1.82, 2.24) is 0 Å². The molecular formula is C55H96O15. The molecule has 0 aliphatic carbocycles. The van der Waals surface area contributed by atoms with E-state index in [-0.39, 0.29) is 26.1 Å². The molecule has 2 aliphatic rings. The predicted molar refractivity (Wildman–Crippen MR) is 270 cm³/mol. The van der Waals surface area contributed by atoms with Gasteiger partial charge in [-0.1, -0.05) is 159 Å². The van der Waals surface area contributed by atoms with Crippen molar-refractivity contribution in [1.29, 1.82) is 0 Å². The Labute approximate surface area is 420 Å². The number of carbonyl (C=O) groups is 2. The molecule has 15 nitrogen and oxygen atoms in total. The molecule has 11 unspecified atom stereocenters. The van der Waals surface area contributed by atoms with E-state index in [1.165, 1.54) is 64.2 Å². The first kappa shape index (κ1) is 63.6. The van der Waals surface area contributed by atoms with Gasteiger partial charge in [-0.3, -0.25) is 9.59 Å². The molecule has 2 saturated heterocycles. The highest BCUT2D eigenvalue weighted by molar-refractivity contribution is 5.70. The molecule has 15 heteroatoms. The average molecular weight is 997 g/mol. The third-order valence-electron chi connectivity index (χ3n) is 12.8. The Morgan fingerprint density at radius 2 is 0.900 bits per heavy atom. The smallest absolute Gasteiger partial charge is 0.306 e. The zero-order valence-electron chi connectivity index (χ0n) is 43.0. The summed E-state index contributed by atoms with van der Waals surface area (Å²) >= 11 is 0. The number of esters is 2. The van der Waals surface area contributed by atoms with Gasteiger partial charge in [-0.25, -0.2) is 0 Å². The normalized spacial score (nSPS) is 25.7. The number of aliphatic hydroxyl groups excluding tert-OH is 7. The third-order valence-corrected chi connectivity index (χ3v) is 12.8. The molecule has 11 atom stereocenters. The first-order valence-corrected chi connectivity index (χ1v) is 27.2. The molecule has 7 N–H and O–H groups in total. The van der Waals surface area contributed by atoms with E-state index >= 15 is 0 Å². The van der Waals surface area contributed by atoms with E-state index < -0.39 is 92.7 Å². The maximum Gasteiger partial charge on any atom is 0.306 e. The molecule has 0 radical (unpaired) electrons. The van der Waals surface area contributed by atoms with E-state index in [1.807, 2.05) is 0 Å². The summed E-state index contributed by atoms with van der Waals surface area (Å²) in [7, 11) is 0. The minimum Gasteiger partial charge on any atom is -0.462 e. The van der Waals surface area contributed by atoms with Gasteiger partial charge in [-0.05, 0) is 70.6 Å². The van der Waals surface area contributed by atoms with Crippen molar-refractivity contribution in [2.75, 3.05) is 26.4 Å². The van der Waals surface area contributed by atoms with Crippen LogP contribution in [0.25, 0.3) is 0 Å². The molecule has 0 amide bonds. The first-order valence-electron chi connectivity index (χ1n) is 27.2. The highest BCUT2D eigenvalue weighted by Gasteiger charge is 2.47. The summed E-state index contributed by atoms with van der Waals surface area (Å²) in [5.41, 5.74) is 0. The highest BCUT2D eigenvalue weighted by Crippen LogP contribution is 2.26. The number of ether oxygens (including phenoxy) is 6. The number of carbonyl (C=O) groups excluding carboxylic acids is 2. The van der Waals surface area contributed by atoms with Crippen molar-refractivity contribution < 1.29 is 73.8 Å². The largest absolute Gasteiger partial charge is 0.462 e. The summed E-state index contributed by atoms with van der Waals surface area (Å²) in [4.78, 5) is 25.8. The van der Waals surface area contributed by atoms with E-state index in [9.17, 15) is 45.3 Å². The minimum absolute atomic E-state index is 0.152. The first-order chi connectivity index (χ1) is 34.0. The van der Waals surface area contributed by atoms with E-state index in [1.54, 1.807) is 0 Å². The van der Waals surface area contributed by atoms with Gasteiger partial charge < -0.3 is 64.2 Å². The van der Waals surface area contributed by atoms with Crippen LogP contribution in [0, 0.1) is 0 Å². The molecule has 0 aromatic carbocycles. The fourth-order valence-electron chi connectivity index (χ4n) is 8.34. The van der Waals surface area contributed by atoms with Gasteiger partial charge in [0.15, 0.2) is 18.7 Å². The standard InChI is InChI=1S/C55H96O15/c1-3-5-7-9-11-13-15-17-19-21-23-25-27-29-31-33-35-37-46(57)65-40-43(68-47(58)38-36-34-32-30-28-26-24-22-20-18-16-14-12-10-8-6-4-2)41-66-54-53(64)51(62)49(60)45(70-54)42-67-55-52(63)50(61)48(59)44(39-56)69-55/h6,8,12,14,17-20,43-45,48-56,59-64H,3-5,7,9-11,13,15-16,21-42H2,1-2H3/b8-6-,14-12-,19-17-,20-18-. The van der Waals surface area contributed by atoms with E-state index in [0.717, 1.165) is 89.9 Å². The molecule has 0 spiro atoms. The highest BCUT2D eigenvalue weighted by atomic mass is 16.7. The van der Waals surface area contributed by atoms with Crippen LogP contribution in [0.4, 0.5) is 0 Å². The average Bonchev–Trinajstić information content (AvgIpc) is 3.35. The van der Waals surface area contributed by atoms with Gasteiger partial charge in [0.2, 0.25) is 0 Å². The van der Waals surface area contributed by atoms with E-state index in [2.05, 4.69) is 62.5 Å². The number of allylic oxidation sites excluding steroid dienone is 8. The summed E-state index contributed by atoms with van der Waals surface area (Å²) in [5, 5.41) is 72.2. The number of hydrogen-bond acceptors (Lipinski definition) is 15. The second-order valence-electron chi connectivity index (χ2n) is 19.0. The van der Waals surface area contributed by atoms with Gasteiger partial charge in [0.1, 0.15) is 55.4 Å². The molecule has 2 fully saturated rings. The molecule has 0 saturated carbocycles. The number of aliphatic hydroxyl groups is 7. The monoisotopic (exact) mass is 997 g/mol. The van der Waals surface area contributed by atoms with Gasteiger partial charge in [0, 0.05) is 12.8 Å².